The third-order valence-electron chi connectivity index (χ3n) is 3.51. The van der Waals surface area contributed by atoms with Crippen molar-refractivity contribution < 1.29 is 0 Å². The second-order valence-corrected chi connectivity index (χ2v) is 5.06. The van der Waals surface area contributed by atoms with Gasteiger partial charge in [-0.3, -0.25) is 4.79 Å². The molecule has 1 aromatic heterocycles. The van der Waals surface area contributed by atoms with Crippen LogP contribution < -0.4 is 5.56 Å². The molecule has 100 valence electrons. The maximum atomic E-state index is 12.0. The molecule has 3 rings (SSSR count). The molecule has 0 saturated carbocycles. The van der Waals surface area contributed by atoms with Gasteiger partial charge in [-0.25, -0.2) is 0 Å². The Morgan fingerprint density at radius 2 is 1.80 bits per heavy atom. The monoisotopic (exact) mass is 264 g/mol. The van der Waals surface area contributed by atoms with Crippen LogP contribution in [0, 0.1) is 13.8 Å². The van der Waals surface area contributed by atoms with Crippen LogP contribution in [-0.4, -0.2) is 9.55 Å². The van der Waals surface area contributed by atoms with Crippen LogP contribution in [0.4, 0.5) is 0 Å². The zero-order valence-electron chi connectivity index (χ0n) is 11.6. The number of rotatable bonds is 2. The highest BCUT2D eigenvalue weighted by molar-refractivity contribution is 5.79. The van der Waals surface area contributed by atoms with E-state index in [1.165, 1.54) is 5.56 Å². The standard InChI is InChI=1S/C17H16N2O/c1-12-8-9-15-16(10-12)19(13(2)18-17(15)20)11-14-6-4-3-5-7-14/h3-10H,11H2,1-2H3. The van der Waals surface area contributed by atoms with Gasteiger partial charge in [-0.2, -0.15) is 4.98 Å². The van der Waals surface area contributed by atoms with Crippen LogP contribution in [0.25, 0.3) is 10.9 Å². The molecule has 3 nitrogen and oxygen atoms in total. The van der Waals surface area contributed by atoms with Crippen LogP contribution in [0.2, 0.25) is 0 Å². The molecular weight excluding hydrogens is 248 g/mol. The van der Waals surface area contributed by atoms with Gasteiger partial charge >= 0.3 is 0 Å². The van der Waals surface area contributed by atoms with Crippen LogP contribution >= 0.6 is 0 Å². The Bertz CT molecular complexity index is 820. The van der Waals surface area contributed by atoms with Crippen molar-refractivity contribution in [1.29, 1.82) is 0 Å². The van der Waals surface area contributed by atoms with E-state index in [1.54, 1.807) is 0 Å². The molecule has 0 saturated heterocycles. The smallest absolute Gasteiger partial charge is 0.280 e. The molecule has 3 aromatic rings. The molecule has 0 aliphatic rings. The number of nitrogens with zero attached hydrogens (tertiary/aromatic N) is 2. The first-order valence-corrected chi connectivity index (χ1v) is 6.67. The minimum Gasteiger partial charge on any atom is -0.325 e. The van der Waals surface area contributed by atoms with Crippen molar-refractivity contribution in [3.8, 4) is 0 Å². The summed E-state index contributed by atoms with van der Waals surface area (Å²) in [5, 5.41) is 0.678. The van der Waals surface area contributed by atoms with Crippen LogP contribution in [-0.2, 0) is 6.54 Å². The predicted octanol–water partition coefficient (Wildman–Crippen LogP) is 3.06. The van der Waals surface area contributed by atoms with E-state index in [4.69, 9.17) is 0 Å². The van der Waals surface area contributed by atoms with Gasteiger partial charge in [-0.05, 0) is 37.1 Å². The molecule has 0 amide bonds. The zero-order valence-corrected chi connectivity index (χ0v) is 11.6. The molecule has 2 aromatic carbocycles. The van der Waals surface area contributed by atoms with Gasteiger partial charge in [0.15, 0.2) is 0 Å². The molecule has 20 heavy (non-hydrogen) atoms. The van der Waals surface area contributed by atoms with Crippen molar-refractivity contribution in [1.82, 2.24) is 9.55 Å². The van der Waals surface area contributed by atoms with Crippen molar-refractivity contribution in [2.24, 2.45) is 0 Å². The number of fused-ring (bicyclic) bond motifs is 1. The van der Waals surface area contributed by atoms with Gasteiger partial charge in [0.1, 0.15) is 5.82 Å². The maximum absolute atomic E-state index is 12.0. The molecule has 0 aliphatic carbocycles. The van der Waals surface area contributed by atoms with E-state index < -0.39 is 0 Å². The van der Waals surface area contributed by atoms with Crippen LogP contribution in [0.3, 0.4) is 0 Å². The first-order chi connectivity index (χ1) is 9.65. The molecule has 1 heterocycles. The average Bonchev–Trinajstić information content (AvgIpc) is 2.44. The topological polar surface area (TPSA) is 34.9 Å². The summed E-state index contributed by atoms with van der Waals surface area (Å²) in [7, 11) is 0. The van der Waals surface area contributed by atoms with Crippen LogP contribution in [0.5, 0.6) is 0 Å². The fraction of sp³-hybridized carbons (Fsp3) is 0.176. The summed E-state index contributed by atoms with van der Waals surface area (Å²) in [6, 6.07) is 16.1. The van der Waals surface area contributed by atoms with Crippen molar-refractivity contribution in [3.05, 3.63) is 75.8 Å². The van der Waals surface area contributed by atoms with E-state index in [1.807, 2.05) is 50.2 Å². The van der Waals surface area contributed by atoms with Crippen molar-refractivity contribution in [2.75, 3.05) is 0 Å². The summed E-state index contributed by atoms with van der Waals surface area (Å²) in [4.78, 5) is 16.1. The Kier molecular flexibility index (Phi) is 3.11. The first kappa shape index (κ1) is 12.6. The number of benzene rings is 2. The lowest BCUT2D eigenvalue weighted by atomic mass is 10.1. The summed E-state index contributed by atoms with van der Waals surface area (Å²) >= 11 is 0. The number of aromatic nitrogens is 2. The van der Waals surface area contributed by atoms with Gasteiger partial charge in [0.25, 0.3) is 5.56 Å². The van der Waals surface area contributed by atoms with Crippen LogP contribution in [0.15, 0.2) is 53.3 Å². The molecule has 0 unspecified atom stereocenters. The van der Waals surface area contributed by atoms with Crippen molar-refractivity contribution >= 4 is 10.9 Å². The van der Waals surface area contributed by atoms with Gasteiger partial charge < -0.3 is 4.57 Å². The second kappa shape index (κ2) is 4.93. The normalized spacial score (nSPS) is 10.9. The minimum atomic E-state index is -0.151. The molecule has 0 N–H and O–H groups in total. The van der Waals surface area contributed by atoms with Gasteiger partial charge in [0.05, 0.1) is 10.9 Å². The Morgan fingerprint density at radius 3 is 2.55 bits per heavy atom. The lowest BCUT2D eigenvalue weighted by Crippen LogP contribution is -2.17. The zero-order chi connectivity index (χ0) is 14.1. The summed E-state index contributed by atoms with van der Waals surface area (Å²) in [5.41, 5.74) is 3.14. The van der Waals surface area contributed by atoms with Gasteiger partial charge in [0, 0.05) is 6.54 Å². The Labute approximate surface area is 117 Å². The Hall–Kier alpha value is -2.42. The van der Waals surface area contributed by atoms with Crippen LogP contribution in [0.1, 0.15) is 17.0 Å². The molecule has 0 fully saturated rings. The summed E-state index contributed by atoms with van der Waals surface area (Å²) in [5.74, 6) is 0.747. The fourth-order valence-electron chi connectivity index (χ4n) is 2.45. The van der Waals surface area contributed by atoms with Crippen molar-refractivity contribution in [3.63, 3.8) is 0 Å². The van der Waals surface area contributed by atoms with Gasteiger partial charge in [-0.1, -0.05) is 36.4 Å². The molecule has 0 aliphatic heterocycles. The maximum Gasteiger partial charge on any atom is 0.280 e. The summed E-state index contributed by atoms with van der Waals surface area (Å²) < 4.78 is 2.10. The lowest BCUT2D eigenvalue weighted by Gasteiger charge is -2.14. The third kappa shape index (κ3) is 2.23. The molecule has 0 atom stereocenters. The summed E-state index contributed by atoms with van der Waals surface area (Å²) in [6.45, 7) is 4.64. The van der Waals surface area contributed by atoms with E-state index in [0.29, 0.717) is 5.39 Å². The first-order valence-electron chi connectivity index (χ1n) is 6.67. The molecule has 0 spiro atoms. The van der Waals surface area contributed by atoms with E-state index in [9.17, 15) is 4.79 Å². The highest BCUT2D eigenvalue weighted by Crippen LogP contribution is 2.15. The van der Waals surface area contributed by atoms with Crippen molar-refractivity contribution in [2.45, 2.75) is 20.4 Å². The summed E-state index contributed by atoms with van der Waals surface area (Å²) in [6.07, 6.45) is 0. The highest BCUT2D eigenvalue weighted by Gasteiger charge is 2.08. The predicted molar refractivity (Wildman–Crippen MR) is 81.0 cm³/mol. The Balaban J connectivity index is 2.24. The largest absolute Gasteiger partial charge is 0.325 e. The SMILES string of the molecule is Cc1ccc2c(=O)nc(C)n(Cc3ccccc3)c2c1. The van der Waals surface area contributed by atoms with Gasteiger partial charge in [-0.15, -0.1) is 0 Å². The lowest BCUT2D eigenvalue weighted by molar-refractivity contribution is 0.756. The minimum absolute atomic E-state index is 0.151. The molecule has 0 radical (unpaired) electrons. The fourth-order valence-corrected chi connectivity index (χ4v) is 2.45. The average molecular weight is 264 g/mol. The number of hydrogen-bond donors (Lipinski definition) is 0. The molecular formula is C17H16N2O. The van der Waals surface area contributed by atoms with E-state index in [2.05, 4.69) is 21.7 Å². The quantitative estimate of drug-likeness (QED) is 0.713. The molecule has 0 bridgehead atoms. The van der Waals surface area contributed by atoms with Gasteiger partial charge in [0.2, 0.25) is 0 Å². The number of hydrogen-bond acceptors (Lipinski definition) is 2. The number of aryl methyl sites for hydroxylation is 2. The van der Waals surface area contributed by atoms with E-state index >= 15 is 0 Å². The highest BCUT2D eigenvalue weighted by atomic mass is 16.1. The molecule has 3 heteroatoms. The van der Waals surface area contributed by atoms with E-state index in [0.717, 1.165) is 23.4 Å². The second-order valence-electron chi connectivity index (χ2n) is 5.06. The van der Waals surface area contributed by atoms with E-state index in [-0.39, 0.29) is 5.56 Å². The Morgan fingerprint density at radius 1 is 1.05 bits per heavy atom. The third-order valence-corrected chi connectivity index (χ3v) is 3.51.